The zero-order valence-corrected chi connectivity index (χ0v) is 22.3. The Bertz CT molecular complexity index is 1440. The highest BCUT2D eigenvalue weighted by molar-refractivity contribution is 5.89. The molecule has 3 aromatic carbocycles. The number of alkyl halides is 3. The lowest BCUT2D eigenvalue weighted by molar-refractivity contribution is -0.274. The fourth-order valence-corrected chi connectivity index (χ4v) is 5.52. The Kier molecular flexibility index (Phi) is 8.35. The van der Waals surface area contributed by atoms with Crippen LogP contribution >= 0.6 is 0 Å². The summed E-state index contributed by atoms with van der Waals surface area (Å²) >= 11 is 0. The van der Waals surface area contributed by atoms with Crippen LogP contribution in [0.5, 0.6) is 5.75 Å². The van der Waals surface area contributed by atoms with Crippen molar-refractivity contribution in [3.8, 4) is 5.75 Å². The maximum Gasteiger partial charge on any atom is 0.573 e. The molecule has 0 aliphatic carbocycles. The van der Waals surface area contributed by atoms with Crippen LogP contribution in [0, 0.1) is 11.6 Å². The third-order valence-corrected chi connectivity index (χ3v) is 7.64. The predicted octanol–water partition coefficient (Wildman–Crippen LogP) is 6.21. The minimum atomic E-state index is -4.88. The molecule has 0 bridgehead atoms. The van der Waals surface area contributed by atoms with Gasteiger partial charge in [-0.05, 0) is 54.9 Å². The van der Waals surface area contributed by atoms with Crippen LogP contribution in [0.25, 0.3) is 0 Å². The quantitative estimate of drug-likeness (QED) is 0.306. The molecule has 1 spiro atoms. The summed E-state index contributed by atoms with van der Waals surface area (Å²) in [6.45, 7) is 1.26. The number of para-hydroxylation sites is 1. The molecule has 2 amide bonds. The number of fused-ring (bicyclic) bond motifs is 2. The maximum atomic E-state index is 14.0. The molecule has 1 saturated heterocycles. The number of hydrogen-bond acceptors (Lipinski definition) is 5. The number of nitrogens with one attached hydrogen (secondary N) is 2. The van der Waals surface area contributed by atoms with Crippen molar-refractivity contribution < 1.29 is 41.0 Å². The topological polar surface area (TPSA) is 79.9 Å². The van der Waals surface area contributed by atoms with Gasteiger partial charge in [-0.15, -0.1) is 13.2 Å². The van der Waals surface area contributed by atoms with Crippen molar-refractivity contribution in [2.75, 3.05) is 25.0 Å². The van der Waals surface area contributed by atoms with Crippen molar-refractivity contribution in [2.45, 2.75) is 43.7 Å². The Hall–Kier alpha value is -4.19. The molecule has 1 atom stereocenters. The number of likely N-dealkylation sites (tertiary alicyclic amines) is 1. The van der Waals surface area contributed by atoms with E-state index < -0.39 is 47.3 Å². The van der Waals surface area contributed by atoms with Gasteiger partial charge in [0.2, 0.25) is 5.91 Å². The van der Waals surface area contributed by atoms with Gasteiger partial charge in [0.05, 0.1) is 11.6 Å². The van der Waals surface area contributed by atoms with E-state index in [0.29, 0.717) is 55.7 Å². The highest BCUT2D eigenvalue weighted by Gasteiger charge is 2.44. The zero-order chi connectivity index (χ0) is 29.9. The number of hydrogen-bond donors (Lipinski definition) is 2. The highest BCUT2D eigenvalue weighted by atomic mass is 19.4. The first-order valence-electron chi connectivity index (χ1n) is 13.4. The average molecular weight is 590 g/mol. The van der Waals surface area contributed by atoms with Gasteiger partial charge in [0, 0.05) is 43.6 Å². The molecule has 0 aromatic heterocycles. The number of ether oxygens (including phenoxy) is 2. The summed E-state index contributed by atoms with van der Waals surface area (Å²) in [6, 6.07) is 15.2. The number of nitrogens with zero attached hydrogens (tertiary/aromatic N) is 1. The highest BCUT2D eigenvalue weighted by Crippen LogP contribution is 2.44. The summed E-state index contributed by atoms with van der Waals surface area (Å²) in [5.74, 6) is -2.47. The molecule has 5 rings (SSSR count). The lowest BCUT2D eigenvalue weighted by Crippen LogP contribution is -2.48. The van der Waals surface area contributed by atoms with Crippen molar-refractivity contribution in [1.29, 1.82) is 0 Å². The van der Waals surface area contributed by atoms with E-state index in [4.69, 9.17) is 4.74 Å². The summed E-state index contributed by atoms with van der Waals surface area (Å²) in [5.41, 5.74) is 0.835. The summed E-state index contributed by atoms with van der Waals surface area (Å²) in [7, 11) is 0. The van der Waals surface area contributed by atoms with Crippen LogP contribution in [0.2, 0.25) is 0 Å². The fraction of sp³-hybridized carbons (Fsp3) is 0.333. The van der Waals surface area contributed by atoms with Crippen LogP contribution in [-0.4, -0.2) is 42.9 Å². The molecule has 0 saturated carbocycles. The van der Waals surface area contributed by atoms with E-state index >= 15 is 0 Å². The summed E-state index contributed by atoms with van der Waals surface area (Å²) in [6.07, 6.45) is -4.32. The molecule has 1 fully saturated rings. The predicted molar refractivity (Wildman–Crippen MR) is 143 cm³/mol. The monoisotopic (exact) mass is 589 g/mol. The standard InChI is InChI=1S/C30H28F5N3O4/c31-21-7-5-19(6-8-21)23(27(39)36-18-20-3-1-2-4-26(20)41-30(33,34)35)11-14-38-15-12-29(13-16-38)24-17-22(32)9-10-25(24)37-28(40)42-29/h1-10,17,23H,11-16,18H2,(H,36,39)(H,37,40). The molecule has 2 N–H and O–H groups in total. The molecule has 42 heavy (non-hydrogen) atoms. The number of carbonyl (C=O) groups is 2. The molecule has 7 nitrogen and oxygen atoms in total. The van der Waals surface area contributed by atoms with Crippen LogP contribution in [0.15, 0.2) is 66.7 Å². The van der Waals surface area contributed by atoms with E-state index in [1.807, 2.05) is 0 Å². The summed E-state index contributed by atoms with van der Waals surface area (Å²) < 4.78 is 75.9. The largest absolute Gasteiger partial charge is 0.573 e. The molecule has 1 unspecified atom stereocenters. The van der Waals surface area contributed by atoms with E-state index in [2.05, 4.69) is 20.3 Å². The summed E-state index contributed by atoms with van der Waals surface area (Å²) in [4.78, 5) is 27.6. The van der Waals surface area contributed by atoms with Crippen LogP contribution in [-0.2, 0) is 21.7 Å². The molecule has 0 radical (unpaired) electrons. The van der Waals surface area contributed by atoms with Crippen molar-refractivity contribution in [1.82, 2.24) is 10.2 Å². The van der Waals surface area contributed by atoms with E-state index in [1.165, 1.54) is 66.7 Å². The third-order valence-electron chi connectivity index (χ3n) is 7.64. The first-order chi connectivity index (χ1) is 20.0. The minimum Gasteiger partial charge on any atom is -0.438 e. The van der Waals surface area contributed by atoms with Gasteiger partial charge in [0.1, 0.15) is 23.0 Å². The molecular formula is C30H28F5N3O4. The van der Waals surface area contributed by atoms with Gasteiger partial charge >= 0.3 is 12.5 Å². The van der Waals surface area contributed by atoms with Gasteiger partial charge in [-0.1, -0.05) is 30.3 Å². The number of piperidine rings is 1. The normalized spacial score (nSPS) is 17.1. The van der Waals surface area contributed by atoms with Gasteiger partial charge in [-0.3, -0.25) is 10.1 Å². The number of halogens is 5. The van der Waals surface area contributed by atoms with Crippen LogP contribution in [0.1, 0.15) is 41.9 Å². The van der Waals surface area contributed by atoms with Crippen LogP contribution in [0.4, 0.5) is 32.4 Å². The molecule has 222 valence electrons. The van der Waals surface area contributed by atoms with Gasteiger partial charge in [0.25, 0.3) is 0 Å². The van der Waals surface area contributed by atoms with Crippen molar-refractivity contribution >= 4 is 17.7 Å². The Labute approximate surface area is 238 Å². The number of anilines is 1. The van der Waals surface area contributed by atoms with Crippen molar-refractivity contribution in [2.24, 2.45) is 0 Å². The maximum absolute atomic E-state index is 14.0. The Morgan fingerprint density at radius 1 is 1.02 bits per heavy atom. The Morgan fingerprint density at radius 2 is 1.71 bits per heavy atom. The van der Waals surface area contributed by atoms with Gasteiger partial charge in [0.15, 0.2) is 0 Å². The van der Waals surface area contributed by atoms with Gasteiger partial charge in [-0.25, -0.2) is 13.6 Å². The van der Waals surface area contributed by atoms with E-state index in [-0.39, 0.29) is 12.1 Å². The van der Waals surface area contributed by atoms with E-state index in [0.717, 1.165) is 0 Å². The molecule has 2 aliphatic rings. The van der Waals surface area contributed by atoms with Crippen LogP contribution < -0.4 is 15.4 Å². The van der Waals surface area contributed by atoms with Gasteiger partial charge in [-0.2, -0.15) is 0 Å². The SMILES string of the molecule is O=C1Nc2ccc(F)cc2C2(CCN(CCC(C(=O)NCc3ccccc3OC(F)(F)F)c3ccc(F)cc3)CC2)O1. The minimum absolute atomic E-state index is 0.149. The van der Waals surface area contributed by atoms with Crippen molar-refractivity contribution in [3.05, 3.63) is 95.1 Å². The smallest absolute Gasteiger partial charge is 0.438 e. The Morgan fingerprint density at radius 3 is 2.43 bits per heavy atom. The Balaban J connectivity index is 1.25. The first kappa shape index (κ1) is 29.3. The first-order valence-corrected chi connectivity index (χ1v) is 13.4. The van der Waals surface area contributed by atoms with Crippen molar-refractivity contribution in [3.63, 3.8) is 0 Å². The number of benzene rings is 3. The molecule has 3 aromatic rings. The number of amides is 2. The van der Waals surface area contributed by atoms with E-state index in [9.17, 15) is 31.5 Å². The third kappa shape index (κ3) is 6.81. The lowest BCUT2D eigenvalue weighted by atomic mass is 9.82. The second-order valence-corrected chi connectivity index (χ2v) is 10.3. The molecule has 12 heteroatoms. The van der Waals surface area contributed by atoms with E-state index in [1.54, 1.807) is 0 Å². The number of carbonyl (C=O) groups excluding carboxylic acids is 2. The second-order valence-electron chi connectivity index (χ2n) is 10.3. The van der Waals surface area contributed by atoms with Gasteiger partial charge < -0.3 is 19.7 Å². The number of rotatable bonds is 8. The fourth-order valence-electron chi connectivity index (χ4n) is 5.52. The second kappa shape index (κ2) is 12.0. The van der Waals surface area contributed by atoms with Crippen LogP contribution in [0.3, 0.4) is 0 Å². The molecule has 2 aliphatic heterocycles. The summed E-state index contributed by atoms with van der Waals surface area (Å²) in [5, 5.41) is 5.30. The zero-order valence-electron chi connectivity index (χ0n) is 22.3. The molecule has 2 heterocycles. The lowest BCUT2D eigenvalue weighted by Gasteiger charge is -2.44. The molecular weight excluding hydrogens is 561 g/mol. The average Bonchev–Trinajstić information content (AvgIpc) is 2.94.